The van der Waals surface area contributed by atoms with Gasteiger partial charge in [-0.3, -0.25) is 4.79 Å². The van der Waals surface area contributed by atoms with Gasteiger partial charge in [-0.15, -0.1) is 0 Å². The molecule has 0 saturated heterocycles. The number of carbonyl (C=O) groups is 2. The number of aromatic hydroxyl groups is 1. The van der Waals surface area contributed by atoms with Crippen molar-refractivity contribution in [3.8, 4) is 5.75 Å². The zero-order chi connectivity index (χ0) is 14.4. The SMILES string of the molecule is CSCC[C@@H](N)C(=O)Nc1ccc(O)c(C(=O)O)c1. The van der Waals surface area contributed by atoms with Crippen molar-refractivity contribution < 1.29 is 19.8 Å². The highest BCUT2D eigenvalue weighted by Gasteiger charge is 2.15. The number of hydrogen-bond donors (Lipinski definition) is 4. The van der Waals surface area contributed by atoms with E-state index in [1.807, 2.05) is 6.26 Å². The summed E-state index contributed by atoms with van der Waals surface area (Å²) >= 11 is 1.59. The smallest absolute Gasteiger partial charge is 0.339 e. The lowest BCUT2D eigenvalue weighted by atomic mass is 10.1. The third-order valence-electron chi connectivity index (χ3n) is 2.46. The standard InChI is InChI=1S/C12H16N2O4S/c1-19-5-4-9(13)11(16)14-7-2-3-10(15)8(6-7)12(17)18/h2-3,6,9,15H,4-5,13H2,1H3,(H,14,16)(H,17,18)/t9-/m1/s1. The minimum absolute atomic E-state index is 0.268. The molecule has 0 aliphatic rings. The van der Waals surface area contributed by atoms with E-state index in [0.29, 0.717) is 12.1 Å². The second kappa shape index (κ2) is 7.01. The van der Waals surface area contributed by atoms with Gasteiger partial charge < -0.3 is 21.3 Å². The second-order valence-electron chi connectivity index (χ2n) is 3.91. The number of nitrogens with two attached hydrogens (primary N) is 1. The first-order valence-electron chi connectivity index (χ1n) is 5.57. The van der Waals surface area contributed by atoms with Crippen LogP contribution in [0, 0.1) is 0 Å². The fraction of sp³-hybridized carbons (Fsp3) is 0.333. The molecule has 0 aliphatic carbocycles. The lowest BCUT2D eigenvalue weighted by molar-refractivity contribution is -0.117. The third-order valence-corrected chi connectivity index (χ3v) is 3.11. The molecule has 104 valence electrons. The number of aromatic carboxylic acids is 1. The Kier molecular flexibility index (Phi) is 5.65. The highest BCUT2D eigenvalue weighted by molar-refractivity contribution is 7.98. The number of carboxylic acid groups (broad SMARTS) is 1. The molecule has 6 nitrogen and oxygen atoms in total. The van der Waals surface area contributed by atoms with Gasteiger partial charge in [0.15, 0.2) is 0 Å². The molecule has 1 amide bonds. The van der Waals surface area contributed by atoms with Crippen LogP contribution in [0.2, 0.25) is 0 Å². The zero-order valence-corrected chi connectivity index (χ0v) is 11.2. The van der Waals surface area contributed by atoms with Gasteiger partial charge in [0.1, 0.15) is 11.3 Å². The fourth-order valence-corrected chi connectivity index (χ4v) is 1.89. The highest BCUT2D eigenvalue weighted by atomic mass is 32.2. The summed E-state index contributed by atoms with van der Waals surface area (Å²) in [6.07, 6.45) is 2.46. The Balaban J connectivity index is 2.74. The van der Waals surface area contributed by atoms with E-state index in [1.54, 1.807) is 11.8 Å². The summed E-state index contributed by atoms with van der Waals surface area (Å²) < 4.78 is 0. The van der Waals surface area contributed by atoms with Crippen molar-refractivity contribution in [1.29, 1.82) is 0 Å². The van der Waals surface area contributed by atoms with Crippen LogP contribution in [0.4, 0.5) is 5.69 Å². The molecule has 0 saturated carbocycles. The van der Waals surface area contributed by atoms with Crippen LogP contribution in [0.15, 0.2) is 18.2 Å². The summed E-state index contributed by atoms with van der Waals surface area (Å²) in [6, 6.07) is 3.18. The Morgan fingerprint density at radius 3 is 2.74 bits per heavy atom. The van der Waals surface area contributed by atoms with Gasteiger partial charge in [-0.2, -0.15) is 11.8 Å². The average molecular weight is 284 g/mol. The maximum absolute atomic E-state index is 11.7. The van der Waals surface area contributed by atoms with Gasteiger partial charge >= 0.3 is 5.97 Å². The summed E-state index contributed by atoms with van der Waals surface area (Å²) in [4.78, 5) is 22.6. The lowest BCUT2D eigenvalue weighted by Crippen LogP contribution is -2.36. The van der Waals surface area contributed by atoms with E-state index in [9.17, 15) is 14.7 Å². The Hall–Kier alpha value is -1.73. The van der Waals surface area contributed by atoms with Crippen LogP contribution in [0.3, 0.4) is 0 Å². The molecule has 0 aliphatic heterocycles. The number of nitrogens with one attached hydrogen (secondary N) is 1. The highest BCUT2D eigenvalue weighted by Crippen LogP contribution is 2.21. The summed E-state index contributed by atoms with van der Waals surface area (Å²) in [5.41, 5.74) is 5.71. The topological polar surface area (TPSA) is 113 Å². The molecule has 0 heterocycles. The first-order chi connectivity index (χ1) is 8.95. The number of hydrogen-bond acceptors (Lipinski definition) is 5. The van der Waals surface area contributed by atoms with Crippen LogP contribution in [-0.2, 0) is 4.79 Å². The van der Waals surface area contributed by atoms with Gasteiger partial charge in [0.25, 0.3) is 0 Å². The first kappa shape index (κ1) is 15.3. The number of amides is 1. The number of carbonyl (C=O) groups excluding carboxylic acids is 1. The first-order valence-corrected chi connectivity index (χ1v) is 6.96. The molecule has 0 bridgehead atoms. The number of rotatable bonds is 6. The summed E-state index contributed by atoms with van der Waals surface area (Å²) in [7, 11) is 0. The predicted molar refractivity (Wildman–Crippen MR) is 74.7 cm³/mol. The van der Waals surface area contributed by atoms with Crippen molar-refractivity contribution >= 4 is 29.3 Å². The minimum Gasteiger partial charge on any atom is -0.507 e. The van der Waals surface area contributed by atoms with E-state index in [-0.39, 0.29) is 17.2 Å². The van der Waals surface area contributed by atoms with Crippen molar-refractivity contribution in [3.05, 3.63) is 23.8 Å². The maximum atomic E-state index is 11.7. The van der Waals surface area contributed by atoms with E-state index in [2.05, 4.69) is 5.32 Å². The molecule has 0 spiro atoms. The Bertz CT molecular complexity index is 479. The second-order valence-corrected chi connectivity index (χ2v) is 4.90. The van der Waals surface area contributed by atoms with E-state index >= 15 is 0 Å². The summed E-state index contributed by atoms with van der Waals surface area (Å²) in [6.45, 7) is 0. The van der Waals surface area contributed by atoms with Gasteiger partial charge in [-0.25, -0.2) is 4.79 Å². The molecule has 1 rings (SSSR count). The lowest BCUT2D eigenvalue weighted by Gasteiger charge is -2.12. The third kappa shape index (κ3) is 4.46. The summed E-state index contributed by atoms with van der Waals surface area (Å²) in [5.74, 6) is -1.22. The minimum atomic E-state index is -1.26. The molecule has 1 atom stereocenters. The van der Waals surface area contributed by atoms with Crippen molar-refractivity contribution in [2.24, 2.45) is 5.73 Å². The van der Waals surface area contributed by atoms with Gasteiger partial charge in [0.05, 0.1) is 6.04 Å². The quantitative estimate of drug-likeness (QED) is 0.582. The van der Waals surface area contributed by atoms with Crippen LogP contribution < -0.4 is 11.1 Å². The Morgan fingerprint density at radius 2 is 2.16 bits per heavy atom. The van der Waals surface area contributed by atoms with Crippen molar-refractivity contribution in [2.75, 3.05) is 17.3 Å². The number of benzene rings is 1. The molecular formula is C12H16N2O4S. The van der Waals surface area contributed by atoms with Crippen LogP contribution in [0.25, 0.3) is 0 Å². The predicted octanol–water partition coefficient (Wildman–Crippen LogP) is 1.11. The van der Waals surface area contributed by atoms with Crippen LogP contribution >= 0.6 is 11.8 Å². The maximum Gasteiger partial charge on any atom is 0.339 e. The Morgan fingerprint density at radius 1 is 1.47 bits per heavy atom. The molecule has 0 unspecified atom stereocenters. The van der Waals surface area contributed by atoms with Crippen molar-refractivity contribution in [3.63, 3.8) is 0 Å². The molecular weight excluding hydrogens is 268 g/mol. The van der Waals surface area contributed by atoms with Gasteiger partial charge in [-0.05, 0) is 36.6 Å². The number of thioether (sulfide) groups is 1. The molecule has 1 aromatic carbocycles. The number of phenols is 1. The largest absolute Gasteiger partial charge is 0.507 e. The molecule has 0 radical (unpaired) electrons. The molecule has 7 heteroatoms. The molecule has 0 aromatic heterocycles. The molecule has 1 aromatic rings. The van der Waals surface area contributed by atoms with E-state index in [0.717, 1.165) is 5.75 Å². The van der Waals surface area contributed by atoms with Gasteiger partial charge in [0, 0.05) is 5.69 Å². The van der Waals surface area contributed by atoms with Crippen LogP contribution in [-0.4, -0.2) is 40.1 Å². The fourth-order valence-electron chi connectivity index (χ4n) is 1.40. The number of anilines is 1. The zero-order valence-electron chi connectivity index (χ0n) is 10.4. The molecule has 5 N–H and O–H groups in total. The summed E-state index contributed by atoms with van der Waals surface area (Å²) in [5, 5.41) is 20.7. The van der Waals surface area contributed by atoms with E-state index in [1.165, 1.54) is 18.2 Å². The average Bonchev–Trinajstić information content (AvgIpc) is 2.37. The van der Waals surface area contributed by atoms with Gasteiger partial charge in [0.2, 0.25) is 5.91 Å². The number of carboxylic acids is 1. The van der Waals surface area contributed by atoms with Crippen molar-refractivity contribution in [1.82, 2.24) is 0 Å². The van der Waals surface area contributed by atoms with Crippen molar-refractivity contribution in [2.45, 2.75) is 12.5 Å². The monoisotopic (exact) mass is 284 g/mol. The molecule has 19 heavy (non-hydrogen) atoms. The van der Waals surface area contributed by atoms with Crippen LogP contribution in [0.5, 0.6) is 5.75 Å². The van der Waals surface area contributed by atoms with Crippen LogP contribution in [0.1, 0.15) is 16.8 Å². The Labute approximate surface area is 115 Å². The normalized spacial score (nSPS) is 11.9. The van der Waals surface area contributed by atoms with E-state index in [4.69, 9.17) is 10.8 Å². The molecule has 0 fully saturated rings. The van der Waals surface area contributed by atoms with E-state index < -0.39 is 12.0 Å². The van der Waals surface area contributed by atoms with Gasteiger partial charge in [-0.1, -0.05) is 0 Å².